The van der Waals surface area contributed by atoms with E-state index in [4.69, 9.17) is 9.47 Å². The predicted octanol–water partition coefficient (Wildman–Crippen LogP) is 3.54. The van der Waals surface area contributed by atoms with Crippen LogP contribution >= 0.6 is 0 Å². The SMILES string of the molecule is CCCCCCCCOC1CC2CC1C1OC21. The molecule has 0 amide bonds. The minimum Gasteiger partial charge on any atom is -0.378 e. The van der Waals surface area contributed by atoms with Gasteiger partial charge in [-0.25, -0.2) is 0 Å². The van der Waals surface area contributed by atoms with E-state index in [1.165, 1.54) is 51.4 Å². The maximum absolute atomic E-state index is 6.06. The maximum Gasteiger partial charge on any atom is 0.0897 e. The van der Waals surface area contributed by atoms with Crippen LogP contribution in [0.4, 0.5) is 0 Å². The molecule has 3 fully saturated rings. The molecule has 2 bridgehead atoms. The van der Waals surface area contributed by atoms with E-state index in [0.717, 1.165) is 18.4 Å². The number of fused-ring (bicyclic) bond motifs is 5. The van der Waals surface area contributed by atoms with Gasteiger partial charge in [0.25, 0.3) is 0 Å². The van der Waals surface area contributed by atoms with Crippen LogP contribution in [0, 0.1) is 11.8 Å². The van der Waals surface area contributed by atoms with Gasteiger partial charge in [-0.05, 0) is 25.2 Å². The number of hydrogen-bond acceptors (Lipinski definition) is 2. The zero-order chi connectivity index (χ0) is 11.7. The second kappa shape index (κ2) is 5.27. The van der Waals surface area contributed by atoms with Crippen molar-refractivity contribution in [3.63, 3.8) is 0 Å². The predicted molar refractivity (Wildman–Crippen MR) is 68.0 cm³/mol. The lowest BCUT2D eigenvalue weighted by Gasteiger charge is -2.19. The average molecular weight is 238 g/mol. The van der Waals surface area contributed by atoms with Gasteiger partial charge in [-0.1, -0.05) is 39.0 Å². The second-order valence-corrected chi connectivity index (χ2v) is 6.14. The molecule has 2 saturated carbocycles. The monoisotopic (exact) mass is 238 g/mol. The lowest BCUT2D eigenvalue weighted by Crippen LogP contribution is -2.26. The van der Waals surface area contributed by atoms with Gasteiger partial charge in [-0.2, -0.15) is 0 Å². The van der Waals surface area contributed by atoms with E-state index in [2.05, 4.69) is 6.92 Å². The molecule has 3 rings (SSSR count). The topological polar surface area (TPSA) is 21.8 Å². The third kappa shape index (κ3) is 2.53. The minimum atomic E-state index is 0.541. The summed E-state index contributed by atoms with van der Waals surface area (Å²) in [5, 5.41) is 0. The van der Waals surface area contributed by atoms with Gasteiger partial charge in [-0.15, -0.1) is 0 Å². The Balaban J connectivity index is 1.24. The molecule has 0 spiro atoms. The van der Waals surface area contributed by atoms with Crippen molar-refractivity contribution in [3.8, 4) is 0 Å². The fourth-order valence-electron chi connectivity index (χ4n) is 3.85. The molecule has 5 unspecified atom stereocenters. The lowest BCUT2D eigenvalue weighted by atomic mass is 9.98. The molecule has 1 heterocycles. The molecule has 0 radical (unpaired) electrons. The van der Waals surface area contributed by atoms with Crippen molar-refractivity contribution in [2.75, 3.05) is 6.61 Å². The summed E-state index contributed by atoms with van der Waals surface area (Å²) in [4.78, 5) is 0. The summed E-state index contributed by atoms with van der Waals surface area (Å²) in [6.45, 7) is 3.25. The molecule has 0 aromatic carbocycles. The van der Waals surface area contributed by atoms with Crippen LogP contribution < -0.4 is 0 Å². The first-order valence-electron chi connectivity index (χ1n) is 7.67. The van der Waals surface area contributed by atoms with Crippen LogP contribution in [-0.2, 0) is 9.47 Å². The highest BCUT2D eigenvalue weighted by atomic mass is 16.6. The molecular formula is C15H26O2. The van der Waals surface area contributed by atoms with Crippen LogP contribution in [0.1, 0.15) is 58.3 Å². The van der Waals surface area contributed by atoms with E-state index >= 15 is 0 Å². The summed E-state index contributed by atoms with van der Waals surface area (Å²) in [5.74, 6) is 1.60. The summed E-state index contributed by atoms with van der Waals surface area (Å²) in [6.07, 6.45) is 12.6. The first-order chi connectivity index (χ1) is 8.40. The van der Waals surface area contributed by atoms with Crippen molar-refractivity contribution in [2.45, 2.75) is 76.6 Å². The maximum atomic E-state index is 6.06. The largest absolute Gasteiger partial charge is 0.378 e. The molecule has 2 aliphatic carbocycles. The molecule has 0 aromatic heterocycles. The number of rotatable bonds is 8. The highest BCUT2D eigenvalue weighted by molar-refractivity contribution is 5.11. The Morgan fingerprint density at radius 2 is 1.82 bits per heavy atom. The van der Waals surface area contributed by atoms with Gasteiger partial charge in [0.05, 0.1) is 18.3 Å². The number of hydrogen-bond donors (Lipinski definition) is 0. The smallest absolute Gasteiger partial charge is 0.0897 e. The fourth-order valence-corrected chi connectivity index (χ4v) is 3.85. The van der Waals surface area contributed by atoms with E-state index in [0.29, 0.717) is 18.3 Å². The van der Waals surface area contributed by atoms with Crippen LogP contribution in [-0.4, -0.2) is 24.9 Å². The molecule has 1 aliphatic heterocycles. The third-order valence-electron chi connectivity index (χ3n) is 4.87. The van der Waals surface area contributed by atoms with E-state index in [1.54, 1.807) is 0 Å². The van der Waals surface area contributed by atoms with Gasteiger partial charge in [0.15, 0.2) is 0 Å². The van der Waals surface area contributed by atoms with E-state index in [9.17, 15) is 0 Å². The van der Waals surface area contributed by atoms with Crippen molar-refractivity contribution in [1.29, 1.82) is 0 Å². The number of ether oxygens (including phenoxy) is 2. The van der Waals surface area contributed by atoms with Crippen LogP contribution in [0.5, 0.6) is 0 Å². The highest BCUT2D eigenvalue weighted by Crippen LogP contribution is 2.57. The van der Waals surface area contributed by atoms with Gasteiger partial charge in [0, 0.05) is 12.5 Å². The number of unbranched alkanes of at least 4 members (excludes halogenated alkanes) is 5. The Kier molecular flexibility index (Phi) is 3.72. The molecule has 2 nitrogen and oxygen atoms in total. The average Bonchev–Trinajstić information content (AvgIpc) is 2.96. The normalized spacial score (nSPS) is 41.8. The second-order valence-electron chi connectivity index (χ2n) is 6.14. The van der Waals surface area contributed by atoms with Crippen molar-refractivity contribution in [2.24, 2.45) is 11.8 Å². The van der Waals surface area contributed by atoms with Gasteiger partial charge in [0.1, 0.15) is 0 Å². The molecule has 1 saturated heterocycles. The Bertz CT molecular complexity index is 253. The molecule has 2 heteroatoms. The lowest BCUT2D eigenvalue weighted by molar-refractivity contribution is 0.0158. The first kappa shape index (κ1) is 12.0. The Morgan fingerprint density at radius 3 is 2.59 bits per heavy atom. The summed E-state index contributed by atoms with van der Waals surface area (Å²) in [5.41, 5.74) is 0. The summed E-state index contributed by atoms with van der Waals surface area (Å²) >= 11 is 0. The zero-order valence-corrected chi connectivity index (χ0v) is 11.1. The molecule has 5 atom stereocenters. The van der Waals surface area contributed by atoms with Crippen molar-refractivity contribution in [3.05, 3.63) is 0 Å². The molecular weight excluding hydrogens is 212 g/mol. The van der Waals surface area contributed by atoms with Crippen LogP contribution in [0.2, 0.25) is 0 Å². The Labute approximate surface area is 105 Å². The zero-order valence-electron chi connectivity index (χ0n) is 11.1. The quantitative estimate of drug-likeness (QED) is 0.476. The highest BCUT2D eigenvalue weighted by Gasteiger charge is 2.63. The van der Waals surface area contributed by atoms with Gasteiger partial charge in [0.2, 0.25) is 0 Å². The Morgan fingerprint density at radius 1 is 1.00 bits per heavy atom. The van der Waals surface area contributed by atoms with E-state index in [1.807, 2.05) is 0 Å². The van der Waals surface area contributed by atoms with Crippen LogP contribution in [0.3, 0.4) is 0 Å². The van der Waals surface area contributed by atoms with Crippen LogP contribution in [0.25, 0.3) is 0 Å². The molecule has 0 aromatic rings. The summed E-state index contributed by atoms with van der Waals surface area (Å²) in [6, 6.07) is 0. The summed E-state index contributed by atoms with van der Waals surface area (Å²) in [7, 11) is 0. The minimum absolute atomic E-state index is 0.541. The van der Waals surface area contributed by atoms with E-state index < -0.39 is 0 Å². The van der Waals surface area contributed by atoms with Gasteiger partial charge < -0.3 is 9.47 Å². The third-order valence-corrected chi connectivity index (χ3v) is 4.87. The van der Waals surface area contributed by atoms with Gasteiger partial charge in [-0.3, -0.25) is 0 Å². The van der Waals surface area contributed by atoms with Crippen molar-refractivity contribution < 1.29 is 9.47 Å². The number of epoxide rings is 1. The molecule has 98 valence electrons. The fraction of sp³-hybridized carbons (Fsp3) is 1.00. The Hall–Kier alpha value is -0.0800. The molecule has 17 heavy (non-hydrogen) atoms. The molecule has 3 aliphatic rings. The first-order valence-corrected chi connectivity index (χ1v) is 7.67. The van der Waals surface area contributed by atoms with Crippen molar-refractivity contribution >= 4 is 0 Å². The summed E-state index contributed by atoms with van der Waals surface area (Å²) < 4.78 is 11.7. The molecule has 0 N–H and O–H groups in total. The van der Waals surface area contributed by atoms with Crippen molar-refractivity contribution in [1.82, 2.24) is 0 Å². The van der Waals surface area contributed by atoms with Gasteiger partial charge >= 0.3 is 0 Å². The van der Waals surface area contributed by atoms with Crippen LogP contribution in [0.15, 0.2) is 0 Å². The standard InChI is InChI=1S/C15H26O2/c1-2-3-4-5-6-7-8-16-13-10-11-9-12(13)15-14(11)17-15/h11-15H,2-10H2,1H3. The van der Waals surface area contributed by atoms with E-state index in [-0.39, 0.29) is 0 Å².